The van der Waals surface area contributed by atoms with Gasteiger partial charge < -0.3 is 15.0 Å². The van der Waals surface area contributed by atoms with E-state index in [-0.39, 0.29) is 12.5 Å². The maximum atomic E-state index is 11.7. The van der Waals surface area contributed by atoms with Crippen LogP contribution in [0.5, 0.6) is 0 Å². The van der Waals surface area contributed by atoms with Crippen molar-refractivity contribution >= 4 is 12.0 Å². The first-order valence-corrected chi connectivity index (χ1v) is 7.85. The van der Waals surface area contributed by atoms with Crippen molar-refractivity contribution in [3.05, 3.63) is 58.9 Å². The summed E-state index contributed by atoms with van der Waals surface area (Å²) in [5, 5.41) is 11.5. The normalized spacial score (nSPS) is 11.1. The number of aryl methyl sites for hydroxylation is 2. The fourth-order valence-corrected chi connectivity index (χ4v) is 2.56. The third kappa shape index (κ3) is 4.33. The number of nitrogens with zero attached hydrogens (tertiary/aromatic N) is 1. The summed E-state index contributed by atoms with van der Waals surface area (Å²) in [5.74, 6) is -0.140. The lowest BCUT2D eigenvalue weighted by atomic mass is 10.2. The molecule has 0 saturated heterocycles. The standard InChI is InChI=1S/C19H24N2O2/c1-14-5-8-18(9-6-14)21-15(2)13-17(16(21)3)7-10-19(23)20-11-4-12-22/h5-10,13,22H,4,11-12H2,1-3H3,(H,20,23)/b10-7+. The molecule has 1 heterocycles. The Kier molecular flexibility index (Phi) is 5.77. The van der Waals surface area contributed by atoms with Crippen LogP contribution in [-0.2, 0) is 4.79 Å². The summed E-state index contributed by atoms with van der Waals surface area (Å²) < 4.78 is 2.18. The topological polar surface area (TPSA) is 54.3 Å². The lowest BCUT2D eigenvalue weighted by Crippen LogP contribution is -2.22. The molecule has 0 unspecified atom stereocenters. The highest BCUT2D eigenvalue weighted by molar-refractivity contribution is 5.91. The van der Waals surface area contributed by atoms with Crippen LogP contribution in [0.1, 0.15) is 28.9 Å². The number of hydrogen-bond donors (Lipinski definition) is 2. The molecule has 1 aromatic carbocycles. The van der Waals surface area contributed by atoms with Gasteiger partial charge in [0.15, 0.2) is 0 Å². The fourth-order valence-electron chi connectivity index (χ4n) is 2.56. The first-order chi connectivity index (χ1) is 11.0. The molecule has 0 saturated carbocycles. The van der Waals surface area contributed by atoms with Crippen LogP contribution in [0, 0.1) is 20.8 Å². The lowest BCUT2D eigenvalue weighted by Gasteiger charge is -2.09. The van der Waals surface area contributed by atoms with Crippen molar-refractivity contribution in [1.29, 1.82) is 0 Å². The fraction of sp³-hybridized carbons (Fsp3) is 0.316. The van der Waals surface area contributed by atoms with Crippen LogP contribution in [0.15, 0.2) is 36.4 Å². The van der Waals surface area contributed by atoms with Crippen LogP contribution in [0.25, 0.3) is 11.8 Å². The molecule has 1 aromatic heterocycles. The molecule has 0 radical (unpaired) electrons. The molecule has 2 N–H and O–H groups in total. The van der Waals surface area contributed by atoms with Crippen LogP contribution in [0.4, 0.5) is 0 Å². The van der Waals surface area contributed by atoms with Gasteiger partial charge in [-0.15, -0.1) is 0 Å². The second-order valence-electron chi connectivity index (χ2n) is 5.70. The predicted molar refractivity (Wildman–Crippen MR) is 93.7 cm³/mol. The van der Waals surface area contributed by atoms with E-state index < -0.39 is 0 Å². The van der Waals surface area contributed by atoms with Gasteiger partial charge in [-0.2, -0.15) is 0 Å². The molecule has 1 amide bonds. The van der Waals surface area contributed by atoms with E-state index in [0.717, 1.165) is 22.6 Å². The lowest BCUT2D eigenvalue weighted by molar-refractivity contribution is -0.116. The Morgan fingerprint density at radius 3 is 2.57 bits per heavy atom. The van der Waals surface area contributed by atoms with Gasteiger partial charge in [0.05, 0.1) is 0 Å². The van der Waals surface area contributed by atoms with E-state index in [1.165, 1.54) is 5.56 Å². The van der Waals surface area contributed by atoms with Crippen LogP contribution < -0.4 is 5.32 Å². The number of carbonyl (C=O) groups is 1. The molecule has 0 bridgehead atoms. The number of benzene rings is 1. The third-order valence-corrected chi connectivity index (χ3v) is 3.81. The molecule has 2 aromatic rings. The number of hydrogen-bond acceptors (Lipinski definition) is 2. The van der Waals surface area contributed by atoms with Crippen molar-refractivity contribution in [2.45, 2.75) is 27.2 Å². The molecule has 0 atom stereocenters. The monoisotopic (exact) mass is 312 g/mol. The number of amides is 1. The number of nitrogens with one attached hydrogen (secondary N) is 1. The van der Waals surface area contributed by atoms with Crippen LogP contribution in [0.2, 0.25) is 0 Å². The molecular weight excluding hydrogens is 288 g/mol. The first kappa shape index (κ1) is 17.0. The van der Waals surface area contributed by atoms with Crippen molar-refractivity contribution in [2.24, 2.45) is 0 Å². The zero-order valence-corrected chi connectivity index (χ0v) is 14.0. The Labute approximate surface area is 137 Å². The highest BCUT2D eigenvalue weighted by Crippen LogP contribution is 2.22. The second kappa shape index (κ2) is 7.79. The third-order valence-electron chi connectivity index (χ3n) is 3.81. The van der Waals surface area contributed by atoms with Crippen LogP contribution in [0.3, 0.4) is 0 Å². The maximum Gasteiger partial charge on any atom is 0.244 e. The Morgan fingerprint density at radius 2 is 1.91 bits per heavy atom. The molecule has 122 valence electrons. The van der Waals surface area contributed by atoms with Gasteiger partial charge in [-0.1, -0.05) is 17.7 Å². The zero-order chi connectivity index (χ0) is 16.8. The predicted octanol–water partition coefficient (Wildman–Crippen LogP) is 2.91. The Hall–Kier alpha value is -2.33. The Balaban J connectivity index is 2.17. The van der Waals surface area contributed by atoms with E-state index in [1.807, 2.05) is 6.08 Å². The molecular formula is C19H24N2O2. The van der Waals surface area contributed by atoms with E-state index in [9.17, 15) is 4.79 Å². The van der Waals surface area contributed by atoms with Gasteiger partial charge in [0.2, 0.25) is 5.91 Å². The molecule has 0 aliphatic carbocycles. The van der Waals surface area contributed by atoms with E-state index in [0.29, 0.717) is 13.0 Å². The van der Waals surface area contributed by atoms with E-state index >= 15 is 0 Å². The molecule has 4 nitrogen and oxygen atoms in total. The van der Waals surface area contributed by atoms with Crippen molar-refractivity contribution in [3.8, 4) is 5.69 Å². The van der Waals surface area contributed by atoms with E-state index in [2.05, 4.69) is 61.0 Å². The minimum Gasteiger partial charge on any atom is -0.396 e. The largest absolute Gasteiger partial charge is 0.396 e. The molecule has 0 spiro atoms. The second-order valence-corrected chi connectivity index (χ2v) is 5.70. The highest BCUT2D eigenvalue weighted by Gasteiger charge is 2.09. The number of aliphatic hydroxyl groups excluding tert-OH is 1. The number of rotatable bonds is 6. The summed E-state index contributed by atoms with van der Waals surface area (Å²) in [6, 6.07) is 10.5. The van der Waals surface area contributed by atoms with Gasteiger partial charge in [-0.3, -0.25) is 4.79 Å². The molecule has 0 fully saturated rings. The minimum atomic E-state index is -0.140. The van der Waals surface area contributed by atoms with Gasteiger partial charge in [0, 0.05) is 36.3 Å². The van der Waals surface area contributed by atoms with Gasteiger partial charge in [-0.05, 0) is 57.0 Å². The number of aromatic nitrogens is 1. The average molecular weight is 312 g/mol. The minimum absolute atomic E-state index is 0.0850. The molecule has 0 aliphatic rings. The van der Waals surface area contributed by atoms with Gasteiger partial charge >= 0.3 is 0 Å². The quantitative estimate of drug-likeness (QED) is 0.636. The van der Waals surface area contributed by atoms with Crippen molar-refractivity contribution in [1.82, 2.24) is 9.88 Å². The summed E-state index contributed by atoms with van der Waals surface area (Å²) in [7, 11) is 0. The molecule has 0 aliphatic heterocycles. The Bertz CT molecular complexity index is 697. The van der Waals surface area contributed by atoms with Crippen molar-refractivity contribution in [3.63, 3.8) is 0 Å². The van der Waals surface area contributed by atoms with Crippen LogP contribution >= 0.6 is 0 Å². The summed E-state index contributed by atoms with van der Waals surface area (Å²) >= 11 is 0. The first-order valence-electron chi connectivity index (χ1n) is 7.85. The summed E-state index contributed by atoms with van der Waals surface area (Å²) in [6.07, 6.45) is 3.95. The SMILES string of the molecule is Cc1ccc(-n2c(C)cc(/C=C/C(=O)NCCCO)c2C)cc1. The van der Waals surface area contributed by atoms with Gasteiger partial charge in [-0.25, -0.2) is 0 Å². The van der Waals surface area contributed by atoms with Gasteiger partial charge in [0.1, 0.15) is 0 Å². The maximum absolute atomic E-state index is 11.7. The summed E-state index contributed by atoms with van der Waals surface area (Å²) in [4.78, 5) is 11.7. The summed E-state index contributed by atoms with van der Waals surface area (Å²) in [5.41, 5.74) is 5.62. The van der Waals surface area contributed by atoms with E-state index in [4.69, 9.17) is 5.11 Å². The van der Waals surface area contributed by atoms with Crippen molar-refractivity contribution < 1.29 is 9.90 Å². The van der Waals surface area contributed by atoms with Crippen LogP contribution in [-0.4, -0.2) is 28.7 Å². The number of aliphatic hydroxyl groups is 1. The number of carbonyl (C=O) groups excluding carboxylic acids is 1. The molecule has 23 heavy (non-hydrogen) atoms. The van der Waals surface area contributed by atoms with Crippen molar-refractivity contribution in [2.75, 3.05) is 13.2 Å². The average Bonchev–Trinajstić information content (AvgIpc) is 2.81. The highest BCUT2D eigenvalue weighted by atomic mass is 16.3. The smallest absolute Gasteiger partial charge is 0.244 e. The summed E-state index contributed by atoms with van der Waals surface area (Å²) in [6.45, 7) is 6.76. The van der Waals surface area contributed by atoms with E-state index in [1.54, 1.807) is 6.08 Å². The zero-order valence-electron chi connectivity index (χ0n) is 14.0. The van der Waals surface area contributed by atoms with Gasteiger partial charge in [0.25, 0.3) is 0 Å². The molecule has 2 rings (SSSR count). The Morgan fingerprint density at radius 1 is 1.22 bits per heavy atom. The molecule has 4 heteroatoms.